The van der Waals surface area contributed by atoms with Crippen LogP contribution in [0.5, 0.6) is 0 Å². The Kier molecular flexibility index (Phi) is 9.74. The molecule has 1 unspecified atom stereocenters. The van der Waals surface area contributed by atoms with E-state index in [4.69, 9.17) is 0 Å². The number of likely N-dealkylation sites (N-methyl/N-ethyl adjacent to an activating group) is 1. The molecule has 0 aliphatic carbocycles. The molecule has 0 aromatic carbocycles. The minimum absolute atomic E-state index is 0.600. The molecule has 4 heteroatoms. The van der Waals surface area contributed by atoms with E-state index in [1.165, 1.54) is 6.42 Å². The number of nitrogens with one attached hydrogen (secondary N) is 2. The van der Waals surface area contributed by atoms with Gasteiger partial charge in [0, 0.05) is 32.2 Å². The zero-order chi connectivity index (χ0) is 14.0. The van der Waals surface area contributed by atoms with Crippen LogP contribution >= 0.6 is 0 Å². The summed E-state index contributed by atoms with van der Waals surface area (Å²) in [7, 11) is 2.17. The van der Waals surface area contributed by atoms with Crippen molar-refractivity contribution in [2.75, 3.05) is 33.2 Å². The van der Waals surface area contributed by atoms with Crippen molar-refractivity contribution < 1.29 is 0 Å². The van der Waals surface area contributed by atoms with Gasteiger partial charge in [0.1, 0.15) is 0 Å². The number of rotatable bonds is 8. The van der Waals surface area contributed by atoms with Crippen LogP contribution in [0.2, 0.25) is 0 Å². The van der Waals surface area contributed by atoms with Crippen LogP contribution in [0.15, 0.2) is 4.99 Å². The molecule has 1 atom stereocenters. The van der Waals surface area contributed by atoms with Crippen LogP contribution in [0, 0.1) is 5.92 Å². The van der Waals surface area contributed by atoms with Gasteiger partial charge in [-0.05, 0) is 33.2 Å². The Morgan fingerprint density at radius 2 is 1.83 bits per heavy atom. The molecular formula is C14H32N4. The lowest BCUT2D eigenvalue weighted by atomic mass is 10.2. The smallest absolute Gasteiger partial charge is 0.191 e. The van der Waals surface area contributed by atoms with E-state index in [9.17, 15) is 0 Å². The monoisotopic (exact) mass is 256 g/mol. The summed E-state index contributed by atoms with van der Waals surface area (Å²) < 4.78 is 0. The molecule has 0 aliphatic heterocycles. The second-order valence-corrected chi connectivity index (χ2v) is 5.28. The van der Waals surface area contributed by atoms with Gasteiger partial charge in [-0.2, -0.15) is 0 Å². The van der Waals surface area contributed by atoms with Crippen molar-refractivity contribution in [1.29, 1.82) is 0 Å². The summed E-state index contributed by atoms with van der Waals surface area (Å²) >= 11 is 0. The largest absolute Gasteiger partial charge is 0.357 e. The molecule has 0 rings (SSSR count). The molecule has 0 heterocycles. The topological polar surface area (TPSA) is 39.7 Å². The van der Waals surface area contributed by atoms with Gasteiger partial charge in [-0.1, -0.05) is 20.8 Å². The quantitative estimate of drug-likeness (QED) is 0.515. The second kappa shape index (κ2) is 10.2. The molecule has 2 N–H and O–H groups in total. The van der Waals surface area contributed by atoms with Crippen LogP contribution in [0.4, 0.5) is 0 Å². The average molecular weight is 256 g/mol. The minimum Gasteiger partial charge on any atom is -0.357 e. The summed E-state index contributed by atoms with van der Waals surface area (Å²) in [6, 6.07) is 0.641. The first-order chi connectivity index (χ1) is 8.51. The van der Waals surface area contributed by atoms with Crippen molar-refractivity contribution in [2.45, 2.75) is 47.1 Å². The second-order valence-electron chi connectivity index (χ2n) is 5.28. The first-order valence-electron chi connectivity index (χ1n) is 7.23. The molecule has 0 bridgehead atoms. The lowest BCUT2D eigenvalue weighted by Gasteiger charge is -2.24. The summed E-state index contributed by atoms with van der Waals surface area (Å²) in [6.45, 7) is 14.7. The maximum atomic E-state index is 4.55. The third-order valence-electron chi connectivity index (χ3n) is 3.06. The molecule has 0 radical (unpaired) electrons. The van der Waals surface area contributed by atoms with Gasteiger partial charge in [-0.25, -0.2) is 0 Å². The van der Waals surface area contributed by atoms with Crippen LogP contribution < -0.4 is 10.6 Å². The standard InChI is InChI=1S/C14H32N4/c1-7-13(5)18(6)10-9-16-14(15-8-2)17-11-12(3)4/h12-13H,7-11H2,1-6H3,(H2,15,16,17). The molecule has 0 saturated heterocycles. The predicted molar refractivity (Wildman–Crippen MR) is 81.2 cm³/mol. The van der Waals surface area contributed by atoms with Gasteiger partial charge in [0.05, 0.1) is 0 Å². The Bertz CT molecular complexity index is 226. The van der Waals surface area contributed by atoms with Crippen LogP contribution in [0.1, 0.15) is 41.0 Å². The summed E-state index contributed by atoms with van der Waals surface area (Å²) in [5.74, 6) is 1.53. The fraction of sp³-hybridized carbons (Fsp3) is 0.929. The van der Waals surface area contributed by atoms with Gasteiger partial charge < -0.3 is 15.5 Å². The van der Waals surface area contributed by atoms with Crippen molar-refractivity contribution >= 4 is 5.96 Å². The Morgan fingerprint density at radius 3 is 2.33 bits per heavy atom. The molecular weight excluding hydrogens is 224 g/mol. The van der Waals surface area contributed by atoms with Gasteiger partial charge >= 0.3 is 0 Å². The lowest BCUT2D eigenvalue weighted by molar-refractivity contribution is 0.255. The third-order valence-corrected chi connectivity index (χ3v) is 3.06. The summed E-state index contributed by atoms with van der Waals surface area (Å²) in [4.78, 5) is 6.92. The first kappa shape index (κ1) is 17.2. The van der Waals surface area contributed by atoms with E-state index in [0.29, 0.717) is 12.0 Å². The van der Waals surface area contributed by atoms with E-state index in [0.717, 1.165) is 32.1 Å². The maximum absolute atomic E-state index is 4.55. The van der Waals surface area contributed by atoms with Crippen molar-refractivity contribution in [3.05, 3.63) is 0 Å². The average Bonchev–Trinajstić information content (AvgIpc) is 2.34. The Balaban J connectivity index is 4.00. The number of guanidine groups is 1. The molecule has 0 aromatic heterocycles. The van der Waals surface area contributed by atoms with E-state index in [1.807, 2.05) is 0 Å². The van der Waals surface area contributed by atoms with Crippen LogP contribution in [-0.4, -0.2) is 50.1 Å². The number of aliphatic imine (C=N–C) groups is 1. The Hall–Kier alpha value is -0.770. The number of nitrogens with zero attached hydrogens (tertiary/aromatic N) is 2. The van der Waals surface area contributed by atoms with E-state index in [2.05, 4.69) is 62.2 Å². The van der Waals surface area contributed by atoms with Crippen molar-refractivity contribution in [3.8, 4) is 0 Å². The van der Waals surface area contributed by atoms with E-state index >= 15 is 0 Å². The highest BCUT2D eigenvalue weighted by Gasteiger charge is 2.06. The van der Waals surface area contributed by atoms with E-state index in [1.54, 1.807) is 0 Å². The van der Waals surface area contributed by atoms with Gasteiger partial charge in [-0.15, -0.1) is 0 Å². The number of hydrogen-bond donors (Lipinski definition) is 2. The molecule has 0 amide bonds. The minimum atomic E-state index is 0.600. The maximum Gasteiger partial charge on any atom is 0.191 e. The van der Waals surface area contributed by atoms with Gasteiger partial charge in [0.15, 0.2) is 5.96 Å². The predicted octanol–water partition coefficient (Wildman–Crippen LogP) is 1.93. The molecule has 0 saturated carbocycles. The van der Waals surface area contributed by atoms with Crippen molar-refractivity contribution in [1.82, 2.24) is 15.5 Å². The fourth-order valence-corrected chi connectivity index (χ4v) is 1.50. The SMILES string of the molecule is CCNC(=NCC(C)C)NCCN(C)C(C)CC. The normalized spacial score (nSPS) is 14.1. The van der Waals surface area contributed by atoms with Crippen molar-refractivity contribution in [2.24, 2.45) is 10.9 Å². The van der Waals surface area contributed by atoms with E-state index in [-0.39, 0.29) is 0 Å². The third kappa shape index (κ3) is 8.34. The molecule has 0 spiro atoms. The van der Waals surface area contributed by atoms with Crippen LogP contribution in [-0.2, 0) is 0 Å². The molecule has 18 heavy (non-hydrogen) atoms. The lowest BCUT2D eigenvalue weighted by Crippen LogP contribution is -2.42. The highest BCUT2D eigenvalue weighted by atomic mass is 15.2. The Morgan fingerprint density at radius 1 is 1.17 bits per heavy atom. The molecule has 4 nitrogen and oxygen atoms in total. The zero-order valence-electron chi connectivity index (χ0n) is 13.1. The molecule has 0 fully saturated rings. The Labute approximate surface area is 113 Å². The fourth-order valence-electron chi connectivity index (χ4n) is 1.50. The first-order valence-corrected chi connectivity index (χ1v) is 7.23. The van der Waals surface area contributed by atoms with E-state index < -0.39 is 0 Å². The molecule has 0 aromatic rings. The van der Waals surface area contributed by atoms with Gasteiger partial charge in [0.25, 0.3) is 0 Å². The summed E-state index contributed by atoms with van der Waals surface area (Å²) in [6.07, 6.45) is 1.19. The van der Waals surface area contributed by atoms with Crippen molar-refractivity contribution in [3.63, 3.8) is 0 Å². The van der Waals surface area contributed by atoms with Crippen LogP contribution in [0.25, 0.3) is 0 Å². The summed E-state index contributed by atoms with van der Waals surface area (Å²) in [5.41, 5.74) is 0. The summed E-state index contributed by atoms with van der Waals surface area (Å²) in [5, 5.41) is 6.66. The zero-order valence-corrected chi connectivity index (χ0v) is 13.1. The highest BCUT2D eigenvalue weighted by Crippen LogP contribution is 1.98. The number of hydrogen-bond acceptors (Lipinski definition) is 2. The highest BCUT2D eigenvalue weighted by molar-refractivity contribution is 5.79. The molecule has 0 aliphatic rings. The van der Waals surface area contributed by atoms with Gasteiger partial charge in [-0.3, -0.25) is 4.99 Å². The molecule has 108 valence electrons. The van der Waals surface area contributed by atoms with Crippen LogP contribution in [0.3, 0.4) is 0 Å². The van der Waals surface area contributed by atoms with Gasteiger partial charge in [0.2, 0.25) is 0 Å².